The molecular formula is C19H17N3O6. The molecule has 1 aromatic heterocycles. The van der Waals surface area contributed by atoms with E-state index in [-0.39, 0.29) is 11.4 Å². The number of para-hydroxylation sites is 2. The van der Waals surface area contributed by atoms with E-state index >= 15 is 0 Å². The smallest absolute Gasteiger partial charge is 0.447 e. The molecule has 3 rings (SSSR count). The third-order valence-corrected chi connectivity index (χ3v) is 3.85. The first kappa shape index (κ1) is 18.8. The number of anilines is 1. The topological polar surface area (TPSA) is 116 Å². The molecule has 0 saturated carbocycles. The van der Waals surface area contributed by atoms with Crippen molar-refractivity contribution >= 4 is 17.7 Å². The summed E-state index contributed by atoms with van der Waals surface area (Å²) in [6.45, 7) is 0. The Morgan fingerprint density at radius 1 is 1.11 bits per heavy atom. The van der Waals surface area contributed by atoms with Crippen molar-refractivity contribution in [3.8, 4) is 17.2 Å². The number of nitrogens with zero attached hydrogens (tertiary/aromatic N) is 1. The van der Waals surface area contributed by atoms with Gasteiger partial charge in [-0.1, -0.05) is 18.2 Å². The monoisotopic (exact) mass is 383 g/mol. The van der Waals surface area contributed by atoms with E-state index in [1.807, 2.05) is 5.16 Å². The van der Waals surface area contributed by atoms with Crippen molar-refractivity contribution in [1.82, 2.24) is 9.72 Å². The maximum absolute atomic E-state index is 12.3. The Kier molecular flexibility index (Phi) is 5.45. The van der Waals surface area contributed by atoms with Crippen molar-refractivity contribution in [2.75, 3.05) is 19.5 Å². The fourth-order valence-electron chi connectivity index (χ4n) is 2.55. The number of carbonyl (C=O) groups excluding carboxylic acids is 1. The van der Waals surface area contributed by atoms with Gasteiger partial charge in [0.15, 0.2) is 11.5 Å². The number of benzene rings is 2. The van der Waals surface area contributed by atoms with Gasteiger partial charge in [-0.15, -0.1) is 0 Å². The number of methoxy groups -OCH3 is 2. The minimum absolute atomic E-state index is 0.190. The van der Waals surface area contributed by atoms with Gasteiger partial charge >= 0.3 is 11.4 Å². The minimum atomic E-state index is -0.882. The molecule has 9 nitrogen and oxygen atoms in total. The van der Waals surface area contributed by atoms with Crippen molar-refractivity contribution in [3.63, 3.8) is 0 Å². The van der Waals surface area contributed by atoms with Crippen molar-refractivity contribution < 1.29 is 18.8 Å². The lowest BCUT2D eigenvalue weighted by Gasteiger charge is -2.09. The molecule has 0 aliphatic carbocycles. The van der Waals surface area contributed by atoms with Crippen LogP contribution in [0.15, 0.2) is 62.7 Å². The van der Waals surface area contributed by atoms with Crippen molar-refractivity contribution in [1.29, 1.82) is 0 Å². The van der Waals surface area contributed by atoms with Crippen LogP contribution in [0.1, 0.15) is 5.56 Å². The van der Waals surface area contributed by atoms with Crippen molar-refractivity contribution in [2.24, 2.45) is 0 Å². The molecule has 0 bridgehead atoms. The average Bonchev–Trinajstić information content (AvgIpc) is 3.04. The molecule has 0 spiro atoms. The summed E-state index contributed by atoms with van der Waals surface area (Å²) in [5, 5.41) is 4.59. The van der Waals surface area contributed by atoms with Gasteiger partial charge in [-0.05, 0) is 35.9 Å². The number of hydrogen-bond donors (Lipinski definition) is 2. The number of amides is 1. The van der Waals surface area contributed by atoms with Gasteiger partial charge in [0.1, 0.15) is 0 Å². The van der Waals surface area contributed by atoms with Crippen LogP contribution in [0.4, 0.5) is 5.69 Å². The molecule has 3 aromatic rings. The van der Waals surface area contributed by atoms with Gasteiger partial charge < -0.3 is 19.3 Å². The van der Waals surface area contributed by atoms with Crippen molar-refractivity contribution in [2.45, 2.75) is 0 Å². The maximum atomic E-state index is 12.3. The van der Waals surface area contributed by atoms with Gasteiger partial charge in [-0.25, -0.2) is 9.59 Å². The Morgan fingerprint density at radius 3 is 2.54 bits per heavy atom. The summed E-state index contributed by atoms with van der Waals surface area (Å²) in [6.07, 6.45) is 2.91. The van der Waals surface area contributed by atoms with Gasteiger partial charge in [-0.3, -0.25) is 4.79 Å². The molecule has 1 heterocycles. The zero-order chi connectivity index (χ0) is 20.1. The van der Waals surface area contributed by atoms with Crippen LogP contribution in [0.2, 0.25) is 0 Å². The fraction of sp³-hybridized carbons (Fsp3) is 0.105. The number of carbonyl (C=O) groups is 1. The largest absolute Gasteiger partial charge is 0.493 e. The maximum Gasteiger partial charge on any atom is 0.447 e. The molecule has 0 aliphatic rings. The van der Waals surface area contributed by atoms with Gasteiger partial charge in [-0.2, -0.15) is 9.72 Å². The van der Waals surface area contributed by atoms with Gasteiger partial charge in [0.25, 0.3) is 0 Å². The molecule has 0 aliphatic heterocycles. The van der Waals surface area contributed by atoms with E-state index in [4.69, 9.17) is 9.47 Å². The zero-order valence-electron chi connectivity index (χ0n) is 15.1. The summed E-state index contributed by atoms with van der Waals surface area (Å²) in [5.41, 5.74) is 0.449. The molecule has 144 valence electrons. The first-order valence-electron chi connectivity index (χ1n) is 8.14. The standard InChI is InChI=1S/C19H17N3O6/c1-26-15-9-7-12(11-16(15)27-2)8-10-17(23)20-13-5-3-4-6-14(13)22-18(24)21-28-19(22)25/h3-11H,1-2H3,(H,20,23)(H,21,24)/b10-8+. The number of nitrogens with one attached hydrogen (secondary N) is 2. The highest BCUT2D eigenvalue weighted by Gasteiger charge is 2.13. The Labute approximate surface area is 158 Å². The molecule has 0 unspecified atom stereocenters. The highest BCUT2D eigenvalue weighted by molar-refractivity contribution is 6.03. The molecule has 2 aromatic carbocycles. The second-order valence-electron chi connectivity index (χ2n) is 5.56. The zero-order valence-corrected chi connectivity index (χ0v) is 15.1. The highest BCUT2D eigenvalue weighted by atomic mass is 16.5. The van der Waals surface area contributed by atoms with E-state index in [1.54, 1.807) is 42.5 Å². The van der Waals surface area contributed by atoms with Crippen LogP contribution in [-0.2, 0) is 4.79 Å². The Bertz CT molecular complexity index is 1110. The van der Waals surface area contributed by atoms with Crippen LogP contribution in [0.5, 0.6) is 11.5 Å². The lowest BCUT2D eigenvalue weighted by molar-refractivity contribution is -0.111. The van der Waals surface area contributed by atoms with E-state index in [9.17, 15) is 14.4 Å². The lowest BCUT2D eigenvalue weighted by atomic mass is 10.2. The van der Waals surface area contributed by atoms with E-state index in [2.05, 4.69) is 9.84 Å². The summed E-state index contributed by atoms with van der Waals surface area (Å²) in [5.74, 6) is -0.217. The third kappa shape index (κ3) is 3.88. The van der Waals surface area contributed by atoms with E-state index in [1.165, 1.54) is 26.4 Å². The van der Waals surface area contributed by atoms with Crippen LogP contribution in [-0.4, -0.2) is 29.9 Å². The van der Waals surface area contributed by atoms with Crippen molar-refractivity contribution in [3.05, 3.63) is 75.1 Å². The molecule has 0 radical (unpaired) electrons. The SMILES string of the molecule is COc1ccc(/C=C/C(=O)Nc2ccccc2-n2c(=O)[nH]oc2=O)cc1OC. The summed E-state index contributed by atoms with van der Waals surface area (Å²) in [4.78, 5) is 35.8. The number of H-pyrrole nitrogens is 1. The number of hydrogen-bond acceptors (Lipinski definition) is 6. The molecule has 0 atom stereocenters. The fourth-order valence-corrected chi connectivity index (χ4v) is 2.55. The molecule has 0 fully saturated rings. The summed E-state index contributed by atoms with van der Waals surface area (Å²) in [7, 11) is 3.06. The number of ether oxygens (including phenoxy) is 2. The van der Waals surface area contributed by atoms with E-state index in [0.29, 0.717) is 11.5 Å². The molecular weight excluding hydrogens is 366 g/mol. The molecule has 9 heteroatoms. The van der Waals surface area contributed by atoms with Crippen LogP contribution in [0, 0.1) is 0 Å². The lowest BCUT2D eigenvalue weighted by Crippen LogP contribution is -2.25. The van der Waals surface area contributed by atoms with Crippen LogP contribution in [0.3, 0.4) is 0 Å². The quantitative estimate of drug-likeness (QED) is 0.627. The van der Waals surface area contributed by atoms with E-state index in [0.717, 1.165) is 10.1 Å². The Morgan fingerprint density at radius 2 is 1.86 bits per heavy atom. The molecule has 0 saturated heterocycles. The number of aromatic amines is 1. The second kappa shape index (κ2) is 8.12. The summed E-state index contributed by atoms with van der Waals surface area (Å²) < 4.78 is 15.7. The van der Waals surface area contributed by atoms with Crippen LogP contribution < -0.4 is 26.2 Å². The normalized spacial score (nSPS) is 10.8. The highest BCUT2D eigenvalue weighted by Crippen LogP contribution is 2.28. The molecule has 28 heavy (non-hydrogen) atoms. The predicted molar refractivity (Wildman–Crippen MR) is 102 cm³/mol. The second-order valence-corrected chi connectivity index (χ2v) is 5.56. The van der Waals surface area contributed by atoms with Gasteiger partial charge in [0, 0.05) is 6.08 Å². The third-order valence-electron chi connectivity index (χ3n) is 3.85. The van der Waals surface area contributed by atoms with Crippen LogP contribution >= 0.6 is 0 Å². The predicted octanol–water partition coefficient (Wildman–Crippen LogP) is 1.79. The van der Waals surface area contributed by atoms with Crippen LogP contribution in [0.25, 0.3) is 11.8 Å². The average molecular weight is 383 g/mol. The summed E-state index contributed by atoms with van der Waals surface area (Å²) >= 11 is 0. The Balaban J connectivity index is 1.82. The van der Waals surface area contributed by atoms with Gasteiger partial charge in [0.2, 0.25) is 5.91 Å². The first-order valence-corrected chi connectivity index (χ1v) is 8.14. The van der Waals surface area contributed by atoms with E-state index < -0.39 is 17.4 Å². The summed E-state index contributed by atoms with van der Waals surface area (Å²) in [6, 6.07) is 11.6. The minimum Gasteiger partial charge on any atom is -0.493 e. The number of rotatable bonds is 6. The number of aromatic nitrogens is 2. The first-order chi connectivity index (χ1) is 13.5. The molecule has 1 amide bonds. The van der Waals surface area contributed by atoms with Gasteiger partial charge in [0.05, 0.1) is 25.6 Å². The Hall–Kier alpha value is -4.01. The molecule has 2 N–H and O–H groups in total.